The molecule has 146 valence electrons. The van der Waals surface area contributed by atoms with E-state index >= 15 is 0 Å². The molecule has 1 aromatic carbocycles. The molecule has 28 heavy (non-hydrogen) atoms. The number of benzene rings is 1. The quantitative estimate of drug-likeness (QED) is 0.755. The Bertz CT molecular complexity index is 990. The summed E-state index contributed by atoms with van der Waals surface area (Å²) in [4.78, 5) is 19.3. The fraction of sp³-hybridized carbons (Fsp3) is 0.381. The molecule has 0 aliphatic carbocycles. The van der Waals surface area contributed by atoms with Gasteiger partial charge >= 0.3 is 0 Å². The van der Waals surface area contributed by atoms with Gasteiger partial charge < -0.3 is 10.2 Å². The van der Waals surface area contributed by atoms with Crippen LogP contribution in [0.1, 0.15) is 18.5 Å². The molecule has 0 spiro atoms. The summed E-state index contributed by atoms with van der Waals surface area (Å²) in [5, 5.41) is 8.56. The molecule has 1 aliphatic rings. The minimum Gasteiger partial charge on any atom is -0.352 e. The number of piperidine rings is 1. The maximum atomic E-state index is 13.3. The Morgan fingerprint density at radius 3 is 2.64 bits per heavy atom. The number of carbonyl (C=O) groups excluding carboxylic acids is 1. The van der Waals surface area contributed by atoms with Gasteiger partial charge in [-0.1, -0.05) is 12.1 Å². The Morgan fingerprint density at radius 1 is 1.21 bits per heavy atom. The lowest BCUT2D eigenvalue weighted by atomic mass is 10.0. The van der Waals surface area contributed by atoms with Crippen LogP contribution >= 0.6 is 0 Å². The van der Waals surface area contributed by atoms with Gasteiger partial charge in [-0.15, -0.1) is 0 Å². The van der Waals surface area contributed by atoms with Crippen LogP contribution in [0.3, 0.4) is 0 Å². The summed E-state index contributed by atoms with van der Waals surface area (Å²) >= 11 is 0. The molecule has 6 nitrogen and oxygen atoms in total. The fourth-order valence-corrected chi connectivity index (χ4v) is 3.82. The Morgan fingerprint density at radius 2 is 1.93 bits per heavy atom. The van der Waals surface area contributed by atoms with Gasteiger partial charge in [0, 0.05) is 17.6 Å². The first-order chi connectivity index (χ1) is 13.5. The van der Waals surface area contributed by atoms with Gasteiger partial charge in [0.15, 0.2) is 5.65 Å². The highest BCUT2D eigenvalue weighted by molar-refractivity contribution is 5.95. The molecule has 1 N–H and O–H groups in total. The molecule has 4 rings (SSSR count). The van der Waals surface area contributed by atoms with E-state index in [-0.39, 0.29) is 24.3 Å². The minimum absolute atomic E-state index is 0.0482. The van der Waals surface area contributed by atoms with Gasteiger partial charge in [0.2, 0.25) is 5.91 Å². The number of nitrogens with one attached hydrogen (secondary N) is 1. The Labute approximate surface area is 163 Å². The number of amides is 1. The van der Waals surface area contributed by atoms with E-state index in [0.717, 1.165) is 48.1 Å². The third kappa shape index (κ3) is 3.75. The fourth-order valence-electron chi connectivity index (χ4n) is 3.82. The number of carbonyl (C=O) groups is 1. The number of hydrogen-bond donors (Lipinski definition) is 1. The molecule has 1 fully saturated rings. The van der Waals surface area contributed by atoms with Crippen LogP contribution in [0.4, 0.5) is 4.39 Å². The largest absolute Gasteiger partial charge is 0.352 e. The van der Waals surface area contributed by atoms with Gasteiger partial charge in [-0.05, 0) is 69.2 Å². The van der Waals surface area contributed by atoms with Crippen LogP contribution in [-0.4, -0.2) is 51.8 Å². The van der Waals surface area contributed by atoms with Gasteiger partial charge in [-0.2, -0.15) is 5.10 Å². The van der Waals surface area contributed by atoms with Gasteiger partial charge in [-0.3, -0.25) is 4.79 Å². The molecule has 1 amide bonds. The molecule has 1 saturated heterocycles. The predicted octanol–water partition coefficient (Wildman–Crippen LogP) is 2.76. The maximum absolute atomic E-state index is 13.3. The predicted molar refractivity (Wildman–Crippen MR) is 106 cm³/mol. The van der Waals surface area contributed by atoms with Gasteiger partial charge in [0.05, 0.1) is 5.69 Å². The van der Waals surface area contributed by atoms with Crippen molar-refractivity contribution in [2.75, 3.05) is 20.1 Å². The first kappa shape index (κ1) is 18.6. The van der Waals surface area contributed by atoms with Crippen LogP contribution in [-0.2, 0) is 11.3 Å². The number of fused-ring (bicyclic) bond motifs is 1. The van der Waals surface area contributed by atoms with Crippen molar-refractivity contribution in [3.05, 3.63) is 48.0 Å². The summed E-state index contributed by atoms with van der Waals surface area (Å²) in [6.45, 7) is 4.04. The van der Waals surface area contributed by atoms with E-state index in [9.17, 15) is 9.18 Å². The first-order valence-electron chi connectivity index (χ1n) is 9.57. The Hall–Kier alpha value is -2.80. The third-order valence-electron chi connectivity index (χ3n) is 5.34. The lowest BCUT2D eigenvalue weighted by Crippen LogP contribution is -2.44. The highest BCUT2D eigenvalue weighted by atomic mass is 19.1. The topological polar surface area (TPSA) is 63.1 Å². The first-order valence-corrected chi connectivity index (χ1v) is 9.57. The van der Waals surface area contributed by atoms with Crippen LogP contribution in [0.25, 0.3) is 22.2 Å². The average molecular weight is 381 g/mol. The standard InChI is InChI=1S/C21H24FN5O/c1-14-20-18(15-3-5-16(22)6-4-15)7-10-23-21(20)27(25-14)13-19(28)24-17-8-11-26(2)12-9-17/h3-7,10,17H,8-9,11-13H2,1-2H3,(H,24,28). The van der Waals surface area contributed by atoms with E-state index in [1.54, 1.807) is 23.0 Å². The van der Waals surface area contributed by atoms with E-state index in [1.165, 1.54) is 12.1 Å². The number of halogens is 1. The zero-order valence-corrected chi connectivity index (χ0v) is 16.2. The number of aromatic nitrogens is 3. The SMILES string of the molecule is Cc1nn(CC(=O)NC2CCN(C)CC2)c2nccc(-c3ccc(F)cc3)c12. The number of pyridine rings is 1. The molecule has 7 heteroatoms. The van der Waals surface area contributed by atoms with Gasteiger partial charge in [0.25, 0.3) is 0 Å². The molecular formula is C21H24FN5O. The number of hydrogen-bond acceptors (Lipinski definition) is 4. The molecular weight excluding hydrogens is 357 g/mol. The van der Waals surface area contributed by atoms with Crippen molar-refractivity contribution in [2.24, 2.45) is 0 Å². The van der Waals surface area contributed by atoms with Gasteiger partial charge in [0.1, 0.15) is 12.4 Å². The second kappa shape index (κ2) is 7.67. The summed E-state index contributed by atoms with van der Waals surface area (Å²) in [5.41, 5.74) is 3.30. The van der Waals surface area contributed by atoms with Crippen molar-refractivity contribution in [3.63, 3.8) is 0 Å². The summed E-state index contributed by atoms with van der Waals surface area (Å²) in [6.07, 6.45) is 3.63. The van der Waals surface area contributed by atoms with Crippen molar-refractivity contribution in [2.45, 2.75) is 32.4 Å². The van der Waals surface area contributed by atoms with E-state index in [0.29, 0.717) is 5.65 Å². The van der Waals surface area contributed by atoms with Crippen LogP contribution in [0.5, 0.6) is 0 Å². The van der Waals surface area contributed by atoms with Crippen molar-refractivity contribution >= 4 is 16.9 Å². The normalized spacial score (nSPS) is 15.8. The second-order valence-corrected chi connectivity index (χ2v) is 7.45. The molecule has 1 aliphatic heterocycles. The average Bonchev–Trinajstić information content (AvgIpc) is 3.00. The number of aryl methyl sites for hydroxylation is 1. The highest BCUT2D eigenvalue weighted by Gasteiger charge is 2.20. The monoisotopic (exact) mass is 381 g/mol. The number of nitrogens with zero attached hydrogens (tertiary/aromatic N) is 4. The third-order valence-corrected chi connectivity index (χ3v) is 5.34. The van der Waals surface area contributed by atoms with E-state index in [4.69, 9.17) is 0 Å². The smallest absolute Gasteiger partial charge is 0.242 e. The molecule has 2 aromatic heterocycles. The lowest BCUT2D eigenvalue weighted by molar-refractivity contribution is -0.122. The second-order valence-electron chi connectivity index (χ2n) is 7.45. The van der Waals surface area contributed by atoms with Crippen LogP contribution in [0, 0.1) is 12.7 Å². The van der Waals surface area contributed by atoms with Crippen molar-refractivity contribution in [3.8, 4) is 11.1 Å². The number of likely N-dealkylation sites (tertiary alicyclic amines) is 1. The molecule has 0 saturated carbocycles. The summed E-state index contributed by atoms with van der Waals surface area (Å²) in [6, 6.07) is 8.48. The number of rotatable bonds is 4. The zero-order chi connectivity index (χ0) is 19.7. The van der Waals surface area contributed by atoms with Crippen LogP contribution in [0.2, 0.25) is 0 Å². The maximum Gasteiger partial charge on any atom is 0.242 e. The van der Waals surface area contributed by atoms with Crippen molar-refractivity contribution in [1.82, 2.24) is 25.0 Å². The van der Waals surface area contributed by atoms with Crippen LogP contribution in [0.15, 0.2) is 36.5 Å². The van der Waals surface area contributed by atoms with Crippen molar-refractivity contribution in [1.29, 1.82) is 0 Å². The lowest BCUT2D eigenvalue weighted by Gasteiger charge is -2.29. The Kier molecular flexibility index (Phi) is 5.09. The zero-order valence-electron chi connectivity index (χ0n) is 16.2. The highest BCUT2D eigenvalue weighted by Crippen LogP contribution is 2.29. The van der Waals surface area contributed by atoms with Gasteiger partial charge in [-0.25, -0.2) is 14.1 Å². The molecule has 0 unspecified atom stereocenters. The summed E-state index contributed by atoms with van der Waals surface area (Å²) in [5.74, 6) is -0.319. The molecule has 0 bridgehead atoms. The molecule has 0 atom stereocenters. The molecule has 3 aromatic rings. The summed E-state index contributed by atoms with van der Waals surface area (Å²) < 4.78 is 14.9. The van der Waals surface area contributed by atoms with E-state index in [1.807, 2.05) is 13.0 Å². The van der Waals surface area contributed by atoms with Crippen LogP contribution < -0.4 is 5.32 Å². The summed E-state index contributed by atoms with van der Waals surface area (Å²) in [7, 11) is 2.10. The molecule has 3 heterocycles. The Balaban J connectivity index is 1.58. The van der Waals surface area contributed by atoms with E-state index < -0.39 is 0 Å². The van der Waals surface area contributed by atoms with Crippen molar-refractivity contribution < 1.29 is 9.18 Å². The molecule has 0 radical (unpaired) electrons. The van der Waals surface area contributed by atoms with E-state index in [2.05, 4.69) is 27.3 Å². The minimum atomic E-state index is -0.271.